The fourth-order valence-electron chi connectivity index (χ4n) is 1.21. The second kappa shape index (κ2) is 3.87. The van der Waals surface area contributed by atoms with E-state index < -0.39 is 5.82 Å². The molecule has 76 valence electrons. The average molecular weight is 224 g/mol. The minimum Gasteiger partial charge on any atom is -0.506 e. The molecule has 0 aliphatic heterocycles. The first-order valence-corrected chi connectivity index (χ1v) is 4.65. The van der Waals surface area contributed by atoms with Crippen molar-refractivity contribution in [2.45, 2.75) is 0 Å². The zero-order valence-corrected chi connectivity index (χ0v) is 8.37. The number of rotatable bonds is 1. The van der Waals surface area contributed by atoms with E-state index in [0.717, 1.165) is 0 Å². The summed E-state index contributed by atoms with van der Waals surface area (Å²) in [6, 6.07) is 7.52. The van der Waals surface area contributed by atoms with Gasteiger partial charge < -0.3 is 5.11 Å². The monoisotopic (exact) mass is 223 g/mol. The van der Waals surface area contributed by atoms with Crippen LogP contribution in [0.15, 0.2) is 36.5 Å². The SMILES string of the molecule is Oc1ccc(-c2ccc(F)c(Cl)c2)nc1. The molecule has 2 aromatic rings. The van der Waals surface area contributed by atoms with E-state index >= 15 is 0 Å². The second-order valence-electron chi connectivity index (χ2n) is 3.03. The molecule has 0 unspecified atom stereocenters. The maximum atomic E-state index is 12.9. The topological polar surface area (TPSA) is 33.1 Å². The number of nitrogens with zero attached hydrogens (tertiary/aromatic N) is 1. The number of hydrogen-bond donors (Lipinski definition) is 1. The molecule has 0 fully saturated rings. The summed E-state index contributed by atoms with van der Waals surface area (Å²) in [6.07, 6.45) is 1.33. The Hall–Kier alpha value is -1.61. The van der Waals surface area contributed by atoms with E-state index in [1.54, 1.807) is 12.1 Å². The molecule has 1 aromatic heterocycles. The van der Waals surface area contributed by atoms with Gasteiger partial charge in [0.1, 0.15) is 11.6 Å². The highest BCUT2D eigenvalue weighted by Crippen LogP contribution is 2.24. The number of hydrogen-bond acceptors (Lipinski definition) is 2. The summed E-state index contributed by atoms with van der Waals surface area (Å²) in [5.74, 6) is -0.369. The largest absolute Gasteiger partial charge is 0.506 e. The first-order chi connectivity index (χ1) is 7.16. The van der Waals surface area contributed by atoms with Gasteiger partial charge in [-0.2, -0.15) is 0 Å². The average Bonchev–Trinajstić information content (AvgIpc) is 2.23. The molecule has 1 heterocycles. The lowest BCUT2D eigenvalue weighted by molar-refractivity contribution is 0.473. The van der Waals surface area contributed by atoms with Crippen LogP contribution in [-0.4, -0.2) is 10.1 Å². The molecule has 4 heteroatoms. The lowest BCUT2D eigenvalue weighted by Gasteiger charge is -2.01. The smallest absolute Gasteiger partial charge is 0.141 e. The summed E-state index contributed by atoms with van der Waals surface area (Å²) in [4.78, 5) is 3.99. The van der Waals surface area contributed by atoms with E-state index in [0.29, 0.717) is 11.3 Å². The minimum atomic E-state index is -0.459. The molecule has 0 atom stereocenters. The van der Waals surface area contributed by atoms with Crippen molar-refractivity contribution in [2.24, 2.45) is 0 Å². The highest BCUT2D eigenvalue weighted by atomic mass is 35.5. The third-order valence-electron chi connectivity index (χ3n) is 1.96. The summed E-state index contributed by atoms with van der Waals surface area (Å²) in [5, 5.41) is 9.11. The van der Waals surface area contributed by atoms with Gasteiger partial charge >= 0.3 is 0 Å². The molecular formula is C11H7ClFNO. The van der Waals surface area contributed by atoms with Crippen molar-refractivity contribution < 1.29 is 9.50 Å². The van der Waals surface area contributed by atoms with Crippen LogP contribution in [0.1, 0.15) is 0 Å². The van der Waals surface area contributed by atoms with E-state index in [1.807, 2.05) is 0 Å². The van der Waals surface area contributed by atoms with Gasteiger partial charge in [0, 0.05) is 5.56 Å². The molecule has 0 spiro atoms. The summed E-state index contributed by atoms with van der Waals surface area (Å²) >= 11 is 5.64. The van der Waals surface area contributed by atoms with E-state index in [4.69, 9.17) is 16.7 Å². The zero-order valence-electron chi connectivity index (χ0n) is 7.61. The van der Waals surface area contributed by atoms with Crippen LogP contribution in [0.5, 0.6) is 5.75 Å². The number of pyridine rings is 1. The van der Waals surface area contributed by atoms with E-state index in [9.17, 15) is 4.39 Å². The van der Waals surface area contributed by atoms with E-state index in [2.05, 4.69) is 4.98 Å². The molecule has 1 aromatic carbocycles. The minimum absolute atomic E-state index is 0.0578. The van der Waals surface area contributed by atoms with Crippen LogP contribution in [-0.2, 0) is 0 Å². The van der Waals surface area contributed by atoms with E-state index in [1.165, 1.54) is 24.4 Å². The molecule has 0 amide bonds. The first kappa shape index (κ1) is 9.93. The summed E-state index contributed by atoms with van der Waals surface area (Å²) in [6.45, 7) is 0. The van der Waals surface area contributed by atoms with Gasteiger partial charge in [0.05, 0.1) is 16.9 Å². The fourth-order valence-corrected chi connectivity index (χ4v) is 1.39. The predicted molar refractivity (Wildman–Crippen MR) is 56.3 cm³/mol. The third kappa shape index (κ3) is 2.07. The third-order valence-corrected chi connectivity index (χ3v) is 2.25. The van der Waals surface area contributed by atoms with Gasteiger partial charge in [-0.15, -0.1) is 0 Å². The van der Waals surface area contributed by atoms with Crippen LogP contribution in [0.2, 0.25) is 5.02 Å². The molecule has 0 aliphatic rings. The Kier molecular flexibility index (Phi) is 2.56. The van der Waals surface area contributed by atoms with Crippen molar-refractivity contribution in [1.29, 1.82) is 0 Å². The highest BCUT2D eigenvalue weighted by Gasteiger charge is 2.03. The van der Waals surface area contributed by atoms with Crippen LogP contribution in [0.4, 0.5) is 4.39 Å². The van der Waals surface area contributed by atoms with Crippen LogP contribution in [0.25, 0.3) is 11.3 Å². The number of aromatic nitrogens is 1. The van der Waals surface area contributed by atoms with Crippen molar-refractivity contribution in [3.63, 3.8) is 0 Å². The molecular weight excluding hydrogens is 217 g/mol. The standard InChI is InChI=1S/C11H7ClFNO/c12-9-5-7(1-3-10(9)13)11-4-2-8(15)6-14-11/h1-6,15H. The van der Waals surface area contributed by atoms with Crippen LogP contribution in [0.3, 0.4) is 0 Å². The Morgan fingerprint density at radius 1 is 1.20 bits per heavy atom. The Morgan fingerprint density at radius 3 is 2.60 bits per heavy atom. The maximum absolute atomic E-state index is 12.9. The summed E-state index contributed by atoms with van der Waals surface area (Å²) in [7, 11) is 0. The van der Waals surface area contributed by atoms with Gasteiger partial charge in [0.2, 0.25) is 0 Å². The Labute approximate surface area is 91.0 Å². The van der Waals surface area contributed by atoms with Gasteiger partial charge in [-0.3, -0.25) is 4.98 Å². The fraction of sp³-hybridized carbons (Fsp3) is 0. The Morgan fingerprint density at radius 2 is 2.00 bits per heavy atom. The van der Waals surface area contributed by atoms with Crippen LogP contribution < -0.4 is 0 Å². The van der Waals surface area contributed by atoms with Gasteiger partial charge in [-0.25, -0.2) is 4.39 Å². The van der Waals surface area contributed by atoms with Gasteiger partial charge in [0.15, 0.2) is 0 Å². The quantitative estimate of drug-likeness (QED) is 0.805. The van der Waals surface area contributed by atoms with Crippen LogP contribution >= 0.6 is 11.6 Å². The molecule has 2 rings (SSSR count). The Bertz CT molecular complexity index is 484. The van der Waals surface area contributed by atoms with Crippen molar-refractivity contribution in [3.05, 3.63) is 47.4 Å². The molecule has 0 bridgehead atoms. The predicted octanol–water partition coefficient (Wildman–Crippen LogP) is 3.25. The highest BCUT2D eigenvalue weighted by molar-refractivity contribution is 6.31. The molecule has 0 saturated heterocycles. The molecule has 0 radical (unpaired) electrons. The Balaban J connectivity index is 2.45. The molecule has 1 N–H and O–H groups in total. The van der Waals surface area contributed by atoms with Crippen molar-refractivity contribution in [3.8, 4) is 17.0 Å². The number of aromatic hydroxyl groups is 1. The molecule has 15 heavy (non-hydrogen) atoms. The molecule has 0 saturated carbocycles. The number of benzene rings is 1. The lowest BCUT2D eigenvalue weighted by atomic mass is 10.1. The first-order valence-electron chi connectivity index (χ1n) is 4.27. The number of halogens is 2. The second-order valence-corrected chi connectivity index (χ2v) is 3.44. The van der Waals surface area contributed by atoms with Gasteiger partial charge in [-0.05, 0) is 30.3 Å². The molecule has 0 aliphatic carbocycles. The van der Waals surface area contributed by atoms with E-state index in [-0.39, 0.29) is 10.8 Å². The van der Waals surface area contributed by atoms with Crippen LogP contribution in [0, 0.1) is 5.82 Å². The maximum Gasteiger partial charge on any atom is 0.141 e. The normalized spacial score (nSPS) is 10.3. The lowest BCUT2D eigenvalue weighted by Crippen LogP contribution is -1.84. The summed E-state index contributed by atoms with van der Waals surface area (Å²) < 4.78 is 12.9. The molecule has 2 nitrogen and oxygen atoms in total. The zero-order chi connectivity index (χ0) is 10.8. The van der Waals surface area contributed by atoms with Crippen molar-refractivity contribution >= 4 is 11.6 Å². The van der Waals surface area contributed by atoms with Crippen molar-refractivity contribution in [2.75, 3.05) is 0 Å². The summed E-state index contributed by atoms with van der Waals surface area (Å²) in [5.41, 5.74) is 1.34. The van der Waals surface area contributed by atoms with Crippen molar-refractivity contribution in [1.82, 2.24) is 4.98 Å². The van der Waals surface area contributed by atoms with Gasteiger partial charge in [-0.1, -0.05) is 11.6 Å². The van der Waals surface area contributed by atoms with Gasteiger partial charge in [0.25, 0.3) is 0 Å².